The number of hydrogen-bond acceptors (Lipinski definition) is 1. The molecule has 1 aliphatic heterocycles. The van der Waals surface area contributed by atoms with Gasteiger partial charge in [0.1, 0.15) is 0 Å². The van der Waals surface area contributed by atoms with Gasteiger partial charge in [-0.3, -0.25) is 4.79 Å². The number of benzene rings is 1. The molecule has 0 unspecified atom stereocenters. The molecule has 0 saturated heterocycles. The Morgan fingerprint density at radius 1 is 1.44 bits per heavy atom. The molecule has 3 nitrogen and oxygen atoms in total. The second-order valence-electron chi connectivity index (χ2n) is 7.92. The van der Waals surface area contributed by atoms with Crippen molar-refractivity contribution in [3.05, 3.63) is 60.0 Å². The second-order valence-corrected chi connectivity index (χ2v) is 8.45. The molecule has 2 aliphatic carbocycles. The normalized spacial score (nSPS) is 44.0. The molecular formula is C21H24ClN2O-. The number of allylic oxidation sites excluding steroid dienone is 1. The van der Waals surface area contributed by atoms with Crippen LogP contribution in [0.25, 0.3) is 5.32 Å². The van der Waals surface area contributed by atoms with Gasteiger partial charge in [0, 0.05) is 11.1 Å². The molecule has 1 spiro atoms. The summed E-state index contributed by atoms with van der Waals surface area (Å²) < 4.78 is 0. The van der Waals surface area contributed by atoms with E-state index >= 15 is 0 Å². The summed E-state index contributed by atoms with van der Waals surface area (Å²) in [4.78, 5) is 13.3. The maximum absolute atomic E-state index is 13.3. The van der Waals surface area contributed by atoms with Gasteiger partial charge < -0.3 is 10.6 Å². The van der Waals surface area contributed by atoms with E-state index in [1.165, 1.54) is 0 Å². The number of hydrogen-bond donors (Lipinski definition) is 1. The number of nitrogens with zero attached hydrogens (tertiary/aromatic N) is 1. The number of carbonyl (C=O) groups excluding carboxylic acids is 1. The quantitative estimate of drug-likeness (QED) is 0.622. The number of para-hydroxylation sites is 1. The Morgan fingerprint density at radius 3 is 2.72 bits per heavy atom. The van der Waals surface area contributed by atoms with Crippen LogP contribution in [0.2, 0.25) is 0 Å². The third kappa shape index (κ3) is 1.56. The Morgan fingerprint density at radius 2 is 2.12 bits per heavy atom. The van der Waals surface area contributed by atoms with Gasteiger partial charge in [0.25, 0.3) is 0 Å². The summed E-state index contributed by atoms with van der Waals surface area (Å²) >= 11 is 6.89. The van der Waals surface area contributed by atoms with Crippen molar-refractivity contribution in [3.63, 3.8) is 0 Å². The number of alkyl halides is 1. The molecule has 0 radical (unpaired) electrons. The first-order chi connectivity index (χ1) is 11.8. The first-order valence-electron chi connectivity index (χ1n) is 8.78. The van der Waals surface area contributed by atoms with Crippen molar-refractivity contribution >= 4 is 23.2 Å². The molecule has 1 aromatic carbocycles. The van der Waals surface area contributed by atoms with Crippen LogP contribution in [0.5, 0.6) is 0 Å². The maximum atomic E-state index is 13.3. The van der Waals surface area contributed by atoms with Gasteiger partial charge in [-0.05, 0) is 42.2 Å². The summed E-state index contributed by atoms with van der Waals surface area (Å²) in [5.41, 5.74) is 1.27. The molecule has 1 amide bonds. The number of anilines is 1. The number of nitrogens with one attached hydrogen (secondary N) is 1. The van der Waals surface area contributed by atoms with E-state index in [0.29, 0.717) is 0 Å². The molecule has 25 heavy (non-hydrogen) atoms. The first-order valence-corrected chi connectivity index (χ1v) is 9.21. The fraction of sp³-hybridized carbons (Fsp3) is 0.476. The highest BCUT2D eigenvalue weighted by atomic mass is 35.5. The van der Waals surface area contributed by atoms with E-state index in [9.17, 15) is 4.79 Å². The van der Waals surface area contributed by atoms with Crippen molar-refractivity contribution in [1.29, 1.82) is 0 Å². The van der Waals surface area contributed by atoms with Gasteiger partial charge >= 0.3 is 0 Å². The van der Waals surface area contributed by atoms with Crippen LogP contribution in [-0.2, 0) is 10.2 Å². The number of rotatable bonds is 3. The molecule has 1 heterocycles. The van der Waals surface area contributed by atoms with E-state index in [4.69, 9.17) is 16.9 Å². The predicted molar refractivity (Wildman–Crippen MR) is 103 cm³/mol. The van der Waals surface area contributed by atoms with Crippen LogP contribution >= 0.6 is 11.6 Å². The highest BCUT2D eigenvalue weighted by Crippen LogP contribution is 2.82. The fourth-order valence-electron chi connectivity index (χ4n) is 5.97. The summed E-state index contributed by atoms with van der Waals surface area (Å²) in [6, 6.07) is 7.97. The maximum Gasteiger partial charge on any atom is 0.234 e. The SMILES string of the molecule is C=C[C@]1(C)[C@@H](Cl)C[C@@H](C(=C)C)[C@H]2[C@]1([N-]C)[C@@]21C(=O)Nc2ccccc21. The van der Waals surface area contributed by atoms with Crippen molar-refractivity contribution in [2.24, 2.45) is 17.3 Å². The van der Waals surface area contributed by atoms with Gasteiger partial charge in [0.05, 0.1) is 5.41 Å². The predicted octanol–water partition coefficient (Wildman–Crippen LogP) is 4.64. The number of halogens is 1. The van der Waals surface area contributed by atoms with E-state index < -0.39 is 16.4 Å². The van der Waals surface area contributed by atoms with Crippen molar-refractivity contribution in [2.75, 3.05) is 12.4 Å². The molecule has 3 aliphatic rings. The van der Waals surface area contributed by atoms with E-state index in [1.807, 2.05) is 38.2 Å². The smallest absolute Gasteiger partial charge is 0.234 e. The number of likely N-dealkylation sites (N-methyl/N-ethyl adjacent to an activating group) is 1. The van der Waals surface area contributed by atoms with Crippen molar-refractivity contribution in [3.8, 4) is 0 Å². The second kappa shape index (κ2) is 4.99. The average molecular weight is 356 g/mol. The molecule has 2 fully saturated rings. The molecule has 1 N–H and O–H groups in total. The van der Waals surface area contributed by atoms with E-state index in [-0.39, 0.29) is 23.1 Å². The monoisotopic (exact) mass is 355 g/mol. The lowest BCUT2D eigenvalue weighted by molar-refractivity contribution is -0.118. The third-order valence-electron chi connectivity index (χ3n) is 7.14. The lowest BCUT2D eigenvalue weighted by Gasteiger charge is -2.54. The summed E-state index contributed by atoms with van der Waals surface area (Å²) in [6.45, 7) is 12.4. The molecule has 132 valence electrons. The average Bonchev–Trinajstić information content (AvgIpc) is 3.13. The zero-order valence-electron chi connectivity index (χ0n) is 15.0. The van der Waals surface area contributed by atoms with E-state index in [0.717, 1.165) is 23.2 Å². The summed E-state index contributed by atoms with van der Waals surface area (Å²) in [6.07, 6.45) is 2.71. The van der Waals surface area contributed by atoms with Crippen molar-refractivity contribution in [2.45, 2.75) is 36.6 Å². The number of carbonyl (C=O) groups is 1. The Labute approximate surface area is 154 Å². The molecule has 1 aromatic rings. The zero-order chi connectivity index (χ0) is 18.2. The summed E-state index contributed by atoms with van der Waals surface area (Å²) in [5, 5.41) is 7.84. The van der Waals surface area contributed by atoms with Crippen LogP contribution in [0.15, 0.2) is 49.1 Å². The van der Waals surface area contributed by atoms with Gasteiger partial charge in [-0.15, -0.1) is 18.2 Å². The lowest BCUT2D eigenvalue weighted by atomic mass is 9.65. The van der Waals surface area contributed by atoms with Crippen LogP contribution in [-0.4, -0.2) is 23.9 Å². The van der Waals surface area contributed by atoms with E-state index in [1.54, 1.807) is 0 Å². The number of fused-ring (bicyclic) bond motifs is 5. The molecular weight excluding hydrogens is 332 g/mol. The summed E-state index contributed by atoms with van der Waals surface area (Å²) in [5.74, 6) is 0.259. The fourth-order valence-corrected chi connectivity index (χ4v) is 6.42. The van der Waals surface area contributed by atoms with Crippen LogP contribution in [0.4, 0.5) is 5.69 Å². The summed E-state index contributed by atoms with van der Waals surface area (Å²) in [7, 11) is 1.82. The number of amides is 1. The van der Waals surface area contributed by atoms with Crippen molar-refractivity contribution < 1.29 is 4.79 Å². The van der Waals surface area contributed by atoms with Crippen LogP contribution in [0.1, 0.15) is 25.8 Å². The molecule has 0 aromatic heterocycles. The minimum atomic E-state index is -0.686. The van der Waals surface area contributed by atoms with Gasteiger partial charge in [0.2, 0.25) is 5.91 Å². The van der Waals surface area contributed by atoms with Gasteiger partial charge in [-0.1, -0.05) is 48.9 Å². The Hall–Kier alpha value is -1.58. The molecule has 4 heteroatoms. The lowest BCUT2D eigenvalue weighted by Crippen LogP contribution is -2.49. The molecule has 6 atom stereocenters. The van der Waals surface area contributed by atoms with E-state index in [2.05, 4.69) is 31.5 Å². The van der Waals surface area contributed by atoms with Crippen LogP contribution in [0, 0.1) is 17.3 Å². The Balaban J connectivity index is 2.03. The van der Waals surface area contributed by atoms with Crippen LogP contribution < -0.4 is 5.32 Å². The minimum absolute atomic E-state index is 0.0365. The minimum Gasteiger partial charge on any atom is -0.657 e. The highest BCUT2D eigenvalue weighted by molar-refractivity contribution is 6.22. The van der Waals surface area contributed by atoms with Crippen LogP contribution in [0.3, 0.4) is 0 Å². The van der Waals surface area contributed by atoms with Gasteiger partial charge in [0.15, 0.2) is 0 Å². The Kier molecular flexibility index (Phi) is 3.36. The zero-order valence-corrected chi connectivity index (χ0v) is 15.7. The molecule has 0 bridgehead atoms. The van der Waals surface area contributed by atoms with Gasteiger partial charge in [-0.2, -0.15) is 7.05 Å². The molecule has 4 rings (SSSR count). The third-order valence-corrected chi connectivity index (χ3v) is 7.77. The Bertz CT molecular complexity index is 805. The topological polar surface area (TPSA) is 43.2 Å². The largest absolute Gasteiger partial charge is 0.657 e. The first kappa shape index (κ1) is 16.9. The van der Waals surface area contributed by atoms with Gasteiger partial charge in [-0.25, -0.2) is 0 Å². The molecule has 2 saturated carbocycles. The van der Waals surface area contributed by atoms with Crippen molar-refractivity contribution in [1.82, 2.24) is 0 Å². The highest BCUT2D eigenvalue weighted by Gasteiger charge is 2.84. The standard InChI is InChI=1S/C21H24ClN2O/c1-6-19(4)16(22)11-13(12(2)3)17-20(21(17,19)23-5)14-9-7-8-10-15(14)24-18(20)25/h6-10,13,16-17H,1-2,11H2,3-5H3,(H,24,25)/q-1/t13-,16-,17+,19+,20+,21+/m0/s1.